The summed E-state index contributed by atoms with van der Waals surface area (Å²) in [5.41, 5.74) is -0.600. The first-order valence-electron chi connectivity index (χ1n) is 9.82. The first-order chi connectivity index (χ1) is 13.9. The van der Waals surface area contributed by atoms with E-state index in [1.165, 1.54) is 12.1 Å². The quantitative estimate of drug-likeness (QED) is 0.783. The summed E-state index contributed by atoms with van der Waals surface area (Å²) in [7, 11) is 0. The summed E-state index contributed by atoms with van der Waals surface area (Å²) in [5, 5.41) is 14.9. The van der Waals surface area contributed by atoms with E-state index in [0.29, 0.717) is 37.2 Å². The largest absolute Gasteiger partial charge is 0.444 e. The van der Waals surface area contributed by atoms with Crippen LogP contribution in [0.1, 0.15) is 62.6 Å². The number of hydrogen-bond donors (Lipinski definition) is 1. The number of carbonyl (C=O) groups is 1. The molecule has 1 saturated heterocycles. The van der Waals surface area contributed by atoms with Crippen LogP contribution in [0.2, 0.25) is 0 Å². The molecular weight excluding hydrogens is 399 g/mol. The number of aliphatic hydroxyl groups is 1. The standard InChI is InChI=1S/C21H26F3N3O3/c1-20(2,3)30-19(29)26-11-8-16(9-12-26)27-13-10-17(25-27)18(28)14-4-6-15(7-5-14)21(22,23)24/h4-7,10,13,16,18,28H,8-9,11-12H2,1-3H3. The number of halogens is 3. The molecule has 1 aliphatic rings. The zero-order valence-electron chi connectivity index (χ0n) is 17.2. The molecule has 6 nitrogen and oxygen atoms in total. The van der Waals surface area contributed by atoms with Gasteiger partial charge in [0, 0.05) is 19.3 Å². The molecule has 0 spiro atoms. The monoisotopic (exact) mass is 425 g/mol. The summed E-state index contributed by atoms with van der Waals surface area (Å²) < 4.78 is 45.2. The predicted octanol–water partition coefficient (Wildman–Crippen LogP) is 4.56. The molecule has 0 radical (unpaired) electrons. The van der Waals surface area contributed by atoms with E-state index in [4.69, 9.17) is 4.74 Å². The van der Waals surface area contributed by atoms with E-state index in [2.05, 4.69) is 5.10 Å². The number of likely N-dealkylation sites (tertiary alicyclic amines) is 1. The Morgan fingerprint density at radius 3 is 2.27 bits per heavy atom. The number of aromatic nitrogens is 2. The zero-order chi connectivity index (χ0) is 22.1. The molecule has 1 aliphatic heterocycles. The fourth-order valence-corrected chi connectivity index (χ4v) is 3.37. The molecule has 164 valence electrons. The summed E-state index contributed by atoms with van der Waals surface area (Å²) in [5.74, 6) is 0. The van der Waals surface area contributed by atoms with E-state index in [-0.39, 0.29) is 12.1 Å². The summed E-state index contributed by atoms with van der Waals surface area (Å²) in [4.78, 5) is 13.8. The van der Waals surface area contributed by atoms with E-state index in [1.807, 2.05) is 20.8 Å². The van der Waals surface area contributed by atoms with Gasteiger partial charge in [0.2, 0.25) is 0 Å². The van der Waals surface area contributed by atoms with Crippen molar-refractivity contribution in [1.82, 2.24) is 14.7 Å². The minimum atomic E-state index is -4.42. The molecule has 30 heavy (non-hydrogen) atoms. The van der Waals surface area contributed by atoms with Gasteiger partial charge < -0.3 is 14.7 Å². The zero-order valence-corrected chi connectivity index (χ0v) is 17.2. The van der Waals surface area contributed by atoms with Gasteiger partial charge in [-0.25, -0.2) is 4.79 Å². The van der Waals surface area contributed by atoms with Gasteiger partial charge in [-0.2, -0.15) is 18.3 Å². The van der Waals surface area contributed by atoms with Crippen molar-refractivity contribution in [3.05, 3.63) is 53.3 Å². The Morgan fingerprint density at radius 2 is 1.73 bits per heavy atom. The Bertz CT molecular complexity index is 864. The van der Waals surface area contributed by atoms with Crippen LogP contribution in [0.5, 0.6) is 0 Å². The van der Waals surface area contributed by atoms with Gasteiger partial charge >= 0.3 is 12.3 Å². The van der Waals surface area contributed by atoms with Crippen LogP contribution < -0.4 is 0 Å². The van der Waals surface area contributed by atoms with Crippen molar-refractivity contribution >= 4 is 6.09 Å². The molecule has 2 heterocycles. The van der Waals surface area contributed by atoms with Crippen LogP contribution >= 0.6 is 0 Å². The van der Waals surface area contributed by atoms with E-state index in [9.17, 15) is 23.1 Å². The number of carbonyl (C=O) groups excluding carboxylic acids is 1. The second kappa shape index (κ2) is 8.29. The van der Waals surface area contributed by atoms with Gasteiger partial charge in [-0.3, -0.25) is 4.68 Å². The first kappa shape index (κ1) is 22.1. The summed E-state index contributed by atoms with van der Waals surface area (Å²) in [6.45, 7) is 6.55. The third-order valence-electron chi connectivity index (χ3n) is 4.95. The summed E-state index contributed by atoms with van der Waals surface area (Å²) in [6, 6.07) is 6.13. The van der Waals surface area contributed by atoms with Gasteiger partial charge in [-0.05, 0) is 57.4 Å². The molecule has 3 rings (SSSR count). The van der Waals surface area contributed by atoms with Crippen LogP contribution in [-0.4, -0.2) is 44.6 Å². The second-order valence-corrected chi connectivity index (χ2v) is 8.44. The number of aliphatic hydroxyl groups excluding tert-OH is 1. The van der Waals surface area contributed by atoms with Crippen LogP contribution in [-0.2, 0) is 10.9 Å². The lowest BCUT2D eigenvalue weighted by atomic mass is 10.0. The molecule has 1 aromatic carbocycles. The first-order valence-corrected chi connectivity index (χ1v) is 9.82. The van der Waals surface area contributed by atoms with Gasteiger partial charge in [-0.1, -0.05) is 12.1 Å². The van der Waals surface area contributed by atoms with Crippen LogP contribution in [0.3, 0.4) is 0 Å². The molecule has 0 saturated carbocycles. The van der Waals surface area contributed by atoms with Gasteiger partial charge in [0.25, 0.3) is 0 Å². The number of rotatable bonds is 3. The van der Waals surface area contributed by atoms with Crippen molar-refractivity contribution in [2.45, 2.75) is 57.5 Å². The smallest absolute Gasteiger partial charge is 0.416 e. The number of hydrogen-bond acceptors (Lipinski definition) is 4. The molecular formula is C21H26F3N3O3. The number of alkyl halides is 3. The molecule has 1 aromatic heterocycles. The molecule has 1 unspecified atom stereocenters. The third kappa shape index (κ3) is 5.33. The van der Waals surface area contributed by atoms with Crippen LogP contribution in [0.15, 0.2) is 36.5 Å². The summed E-state index contributed by atoms with van der Waals surface area (Å²) in [6.07, 6.45) is -2.74. The lowest BCUT2D eigenvalue weighted by Gasteiger charge is -2.33. The number of benzene rings is 1. The van der Waals surface area contributed by atoms with Crippen molar-refractivity contribution in [3.63, 3.8) is 0 Å². The highest BCUT2D eigenvalue weighted by atomic mass is 19.4. The molecule has 0 aliphatic carbocycles. The topological polar surface area (TPSA) is 67.6 Å². The maximum atomic E-state index is 12.7. The van der Waals surface area contributed by atoms with E-state index < -0.39 is 23.4 Å². The number of amides is 1. The molecule has 1 fully saturated rings. The van der Waals surface area contributed by atoms with E-state index in [0.717, 1.165) is 12.1 Å². The fraction of sp³-hybridized carbons (Fsp3) is 0.524. The lowest BCUT2D eigenvalue weighted by Crippen LogP contribution is -2.42. The molecule has 1 atom stereocenters. The average Bonchev–Trinajstić information content (AvgIpc) is 3.16. The average molecular weight is 425 g/mol. The van der Waals surface area contributed by atoms with Crippen molar-refractivity contribution in [2.75, 3.05) is 13.1 Å². The SMILES string of the molecule is CC(C)(C)OC(=O)N1CCC(n2ccc(C(O)c3ccc(C(F)(F)F)cc3)n2)CC1. The minimum Gasteiger partial charge on any atom is -0.444 e. The molecule has 1 N–H and O–H groups in total. The third-order valence-corrected chi connectivity index (χ3v) is 4.95. The van der Waals surface area contributed by atoms with Crippen LogP contribution in [0.4, 0.5) is 18.0 Å². The highest BCUT2D eigenvalue weighted by Crippen LogP contribution is 2.31. The van der Waals surface area contributed by atoms with Crippen LogP contribution in [0, 0.1) is 0 Å². The molecule has 0 bridgehead atoms. The fourth-order valence-electron chi connectivity index (χ4n) is 3.37. The van der Waals surface area contributed by atoms with Crippen LogP contribution in [0.25, 0.3) is 0 Å². The number of piperidine rings is 1. The van der Waals surface area contributed by atoms with E-state index >= 15 is 0 Å². The highest BCUT2D eigenvalue weighted by molar-refractivity contribution is 5.68. The maximum Gasteiger partial charge on any atom is 0.416 e. The Morgan fingerprint density at radius 1 is 1.13 bits per heavy atom. The lowest BCUT2D eigenvalue weighted by molar-refractivity contribution is -0.137. The van der Waals surface area contributed by atoms with Gasteiger partial charge in [0.15, 0.2) is 0 Å². The molecule has 2 aromatic rings. The molecule has 1 amide bonds. The Hall–Kier alpha value is -2.55. The molecule has 9 heteroatoms. The van der Waals surface area contributed by atoms with Crippen molar-refractivity contribution in [2.24, 2.45) is 0 Å². The summed E-state index contributed by atoms with van der Waals surface area (Å²) >= 11 is 0. The maximum absolute atomic E-state index is 12.7. The van der Waals surface area contributed by atoms with E-state index in [1.54, 1.807) is 21.8 Å². The minimum absolute atomic E-state index is 0.0669. The number of nitrogens with zero attached hydrogens (tertiary/aromatic N) is 3. The highest BCUT2D eigenvalue weighted by Gasteiger charge is 2.31. The van der Waals surface area contributed by atoms with Crippen molar-refractivity contribution in [1.29, 1.82) is 0 Å². The Labute approximate surface area is 173 Å². The van der Waals surface area contributed by atoms with Crippen molar-refractivity contribution in [3.8, 4) is 0 Å². The van der Waals surface area contributed by atoms with Gasteiger partial charge in [0.05, 0.1) is 17.3 Å². The van der Waals surface area contributed by atoms with Gasteiger partial charge in [-0.15, -0.1) is 0 Å². The van der Waals surface area contributed by atoms with Gasteiger partial charge in [0.1, 0.15) is 11.7 Å². The number of ether oxygens (including phenoxy) is 1. The Balaban J connectivity index is 1.61. The second-order valence-electron chi connectivity index (χ2n) is 8.44. The Kier molecular flexibility index (Phi) is 6.12. The predicted molar refractivity (Wildman–Crippen MR) is 104 cm³/mol. The van der Waals surface area contributed by atoms with Crippen molar-refractivity contribution < 1.29 is 27.8 Å². The normalized spacial score (nSPS) is 17.1.